The Morgan fingerprint density at radius 3 is 2.18 bits per heavy atom. The van der Waals surface area contributed by atoms with Crippen LogP contribution in [-0.4, -0.2) is 53.8 Å². The van der Waals surface area contributed by atoms with E-state index < -0.39 is 17.8 Å². The highest BCUT2D eigenvalue weighted by Gasteiger charge is 2.16. The number of esters is 2. The first-order chi connectivity index (χ1) is 16.3. The second-order valence-corrected chi connectivity index (χ2v) is 7.11. The summed E-state index contributed by atoms with van der Waals surface area (Å²) in [5.74, 6) is -1.75. The van der Waals surface area contributed by atoms with E-state index in [1.807, 2.05) is 0 Å². The second-order valence-electron chi connectivity index (χ2n) is 7.11. The number of benzene rings is 2. The van der Waals surface area contributed by atoms with Crippen LogP contribution in [0.3, 0.4) is 0 Å². The molecule has 10 heteroatoms. The van der Waals surface area contributed by atoms with E-state index in [1.165, 1.54) is 25.4 Å². The van der Waals surface area contributed by atoms with Crippen molar-refractivity contribution in [2.45, 2.75) is 13.8 Å². The predicted octanol–water partition coefficient (Wildman–Crippen LogP) is 2.51. The van der Waals surface area contributed by atoms with Crippen molar-refractivity contribution < 1.29 is 28.7 Å². The normalized spacial score (nSPS) is 10.3. The van der Waals surface area contributed by atoms with Crippen LogP contribution in [0.1, 0.15) is 43.7 Å². The Labute approximate surface area is 195 Å². The Morgan fingerprint density at radius 2 is 1.56 bits per heavy atom. The number of anilines is 1. The molecule has 176 valence electrons. The molecular weight excluding hydrogens is 440 g/mol. The summed E-state index contributed by atoms with van der Waals surface area (Å²) in [6.07, 6.45) is 1.45. The molecule has 2 aromatic carbocycles. The molecule has 34 heavy (non-hydrogen) atoms. The van der Waals surface area contributed by atoms with Gasteiger partial charge in [0.2, 0.25) is 0 Å². The van der Waals surface area contributed by atoms with Gasteiger partial charge in [0.15, 0.2) is 0 Å². The molecule has 0 unspecified atom stereocenters. The third kappa shape index (κ3) is 5.66. The van der Waals surface area contributed by atoms with Crippen molar-refractivity contribution in [3.63, 3.8) is 0 Å². The molecule has 3 aromatic rings. The summed E-state index contributed by atoms with van der Waals surface area (Å²) in [5.41, 5.74) is 2.95. The lowest BCUT2D eigenvalue weighted by atomic mass is 10.1. The number of ether oxygens (including phenoxy) is 2. The standard InChI is InChI=1S/C24H24N4O6/c1-4-34-24(32)20-13-26-28(15(20)2)19-11-7-17(8-12-19)23(31)27-18-9-5-16(6-10-18)22(30)25-14-21(29)33-3/h5-13H,4,14H2,1-3H3,(H,25,30)(H,27,31). The zero-order chi connectivity index (χ0) is 24.7. The Morgan fingerprint density at radius 1 is 0.941 bits per heavy atom. The van der Waals surface area contributed by atoms with E-state index >= 15 is 0 Å². The highest BCUT2D eigenvalue weighted by atomic mass is 16.5. The fourth-order valence-corrected chi connectivity index (χ4v) is 3.07. The summed E-state index contributed by atoms with van der Waals surface area (Å²) in [6.45, 7) is 3.55. The third-order valence-corrected chi connectivity index (χ3v) is 4.91. The molecule has 2 amide bonds. The van der Waals surface area contributed by atoms with E-state index in [2.05, 4.69) is 20.5 Å². The van der Waals surface area contributed by atoms with Gasteiger partial charge in [-0.2, -0.15) is 5.10 Å². The molecule has 0 aliphatic carbocycles. The number of carbonyl (C=O) groups excluding carboxylic acids is 4. The number of hydrogen-bond donors (Lipinski definition) is 2. The van der Waals surface area contributed by atoms with E-state index in [9.17, 15) is 19.2 Å². The zero-order valence-electron chi connectivity index (χ0n) is 19.0. The molecule has 0 bridgehead atoms. The Kier molecular flexibility index (Phi) is 7.75. The fraction of sp³-hybridized carbons (Fsp3) is 0.208. The average molecular weight is 464 g/mol. The van der Waals surface area contributed by atoms with Crippen molar-refractivity contribution in [3.8, 4) is 5.69 Å². The van der Waals surface area contributed by atoms with E-state index in [0.29, 0.717) is 33.8 Å². The number of nitrogens with one attached hydrogen (secondary N) is 2. The number of amides is 2. The van der Waals surface area contributed by atoms with Gasteiger partial charge in [0, 0.05) is 16.8 Å². The van der Waals surface area contributed by atoms with Gasteiger partial charge in [-0.25, -0.2) is 9.48 Å². The molecule has 10 nitrogen and oxygen atoms in total. The molecule has 0 atom stereocenters. The summed E-state index contributed by atoms with van der Waals surface area (Å²) >= 11 is 0. The van der Waals surface area contributed by atoms with Crippen LogP contribution in [0.15, 0.2) is 54.7 Å². The minimum atomic E-state index is -0.551. The van der Waals surface area contributed by atoms with E-state index in [-0.39, 0.29) is 19.1 Å². The first-order valence-corrected chi connectivity index (χ1v) is 10.4. The van der Waals surface area contributed by atoms with Crippen LogP contribution in [-0.2, 0) is 14.3 Å². The Hall–Kier alpha value is -4.47. The van der Waals surface area contributed by atoms with Crippen molar-refractivity contribution in [1.82, 2.24) is 15.1 Å². The molecule has 1 heterocycles. The van der Waals surface area contributed by atoms with Gasteiger partial charge in [-0.05, 0) is 62.4 Å². The first kappa shape index (κ1) is 24.2. The summed E-state index contributed by atoms with van der Waals surface area (Å²) < 4.78 is 11.1. The summed E-state index contributed by atoms with van der Waals surface area (Å²) in [5, 5.41) is 9.44. The number of carbonyl (C=O) groups is 4. The Bertz CT molecular complexity index is 1200. The third-order valence-electron chi connectivity index (χ3n) is 4.91. The minimum Gasteiger partial charge on any atom is -0.468 e. The van der Waals surface area contributed by atoms with Crippen LogP contribution < -0.4 is 10.6 Å². The molecule has 0 spiro atoms. The van der Waals surface area contributed by atoms with Gasteiger partial charge in [-0.1, -0.05) is 0 Å². The minimum absolute atomic E-state index is 0.230. The number of rotatable bonds is 8. The molecule has 2 N–H and O–H groups in total. The fourth-order valence-electron chi connectivity index (χ4n) is 3.07. The van der Waals surface area contributed by atoms with Crippen LogP contribution in [0.25, 0.3) is 5.69 Å². The molecular formula is C24H24N4O6. The van der Waals surface area contributed by atoms with E-state index in [4.69, 9.17) is 4.74 Å². The molecule has 0 saturated carbocycles. The van der Waals surface area contributed by atoms with Gasteiger partial charge < -0.3 is 20.1 Å². The van der Waals surface area contributed by atoms with Crippen LogP contribution in [0.4, 0.5) is 5.69 Å². The number of aromatic nitrogens is 2. The van der Waals surface area contributed by atoms with Gasteiger partial charge in [0.05, 0.1) is 31.3 Å². The first-order valence-electron chi connectivity index (χ1n) is 10.4. The molecule has 3 rings (SSSR count). The van der Waals surface area contributed by atoms with Crippen molar-refractivity contribution >= 4 is 29.4 Å². The van der Waals surface area contributed by atoms with Crippen LogP contribution in [0, 0.1) is 6.92 Å². The van der Waals surface area contributed by atoms with Crippen molar-refractivity contribution in [2.24, 2.45) is 0 Å². The molecule has 0 saturated heterocycles. The lowest BCUT2D eigenvalue weighted by molar-refractivity contribution is -0.139. The predicted molar refractivity (Wildman–Crippen MR) is 123 cm³/mol. The van der Waals surface area contributed by atoms with Gasteiger partial charge in [-0.15, -0.1) is 0 Å². The molecule has 1 aromatic heterocycles. The van der Waals surface area contributed by atoms with Crippen LogP contribution in [0.5, 0.6) is 0 Å². The van der Waals surface area contributed by atoms with Crippen molar-refractivity contribution in [1.29, 1.82) is 0 Å². The summed E-state index contributed by atoms with van der Waals surface area (Å²) in [6, 6.07) is 13.0. The summed E-state index contributed by atoms with van der Waals surface area (Å²) in [7, 11) is 1.24. The molecule has 0 radical (unpaired) electrons. The van der Waals surface area contributed by atoms with Gasteiger partial charge in [0.25, 0.3) is 11.8 Å². The average Bonchev–Trinajstić information content (AvgIpc) is 3.24. The monoisotopic (exact) mass is 464 g/mol. The molecule has 0 fully saturated rings. The molecule has 0 aliphatic heterocycles. The SMILES string of the molecule is CCOC(=O)c1cnn(-c2ccc(C(=O)Nc3ccc(C(=O)NCC(=O)OC)cc3)cc2)c1C. The zero-order valence-corrected chi connectivity index (χ0v) is 19.0. The Balaban J connectivity index is 1.64. The topological polar surface area (TPSA) is 129 Å². The lowest BCUT2D eigenvalue weighted by Crippen LogP contribution is -2.30. The number of hydrogen-bond acceptors (Lipinski definition) is 7. The maximum absolute atomic E-state index is 12.6. The summed E-state index contributed by atoms with van der Waals surface area (Å²) in [4.78, 5) is 47.7. The highest BCUT2D eigenvalue weighted by molar-refractivity contribution is 6.04. The quantitative estimate of drug-likeness (QED) is 0.490. The van der Waals surface area contributed by atoms with Gasteiger partial charge in [0.1, 0.15) is 12.1 Å². The van der Waals surface area contributed by atoms with Crippen LogP contribution >= 0.6 is 0 Å². The second kappa shape index (κ2) is 10.9. The van der Waals surface area contributed by atoms with Crippen LogP contribution in [0.2, 0.25) is 0 Å². The maximum Gasteiger partial charge on any atom is 0.341 e. The van der Waals surface area contributed by atoms with E-state index in [1.54, 1.807) is 54.9 Å². The van der Waals surface area contributed by atoms with Gasteiger partial charge in [-0.3, -0.25) is 14.4 Å². The van der Waals surface area contributed by atoms with E-state index in [0.717, 1.165) is 0 Å². The van der Waals surface area contributed by atoms with Crippen molar-refractivity contribution in [2.75, 3.05) is 25.6 Å². The van der Waals surface area contributed by atoms with Gasteiger partial charge >= 0.3 is 11.9 Å². The largest absolute Gasteiger partial charge is 0.468 e. The smallest absolute Gasteiger partial charge is 0.341 e. The lowest BCUT2D eigenvalue weighted by Gasteiger charge is -2.09. The number of nitrogens with zero attached hydrogens (tertiary/aromatic N) is 2. The highest BCUT2D eigenvalue weighted by Crippen LogP contribution is 2.17. The van der Waals surface area contributed by atoms with Crippen molar-refractivity contribution in [3.05, 3.63) is 77.1 Å². The number of methoxy groups -OCH3 is 1. The molecule has 0 aliphatic rings. The maximum atomic E-state index is 12.6.